The average molecular weight is 347 g/mol. The fourth-order valence-corrected chi connectivity index (χ4v) is 3.55. The van der Waals surface area contributed by atoms with E-state index in [1.807, 2.05) is 0 Å². The van der Waals surface area contributed by atoms with Crippen LogP contribution in [-0.4, -0.2) is 28.1 Å². The van der Waals surface area contributed by atoms with Gasteiger partial charge in [-0.2, -0.15) is 18.4 Å². The van der Waals surface area contributed by atoms with Crippen LogP contribution in [0.15, 0.2) is 23.1 Å². The van der Waals surface area contributed by atoms with Gasteiger partial charge >= 0.3 is 6.18 Å². The van der Waals surface area contributed by atoms with Gasteiger partial charge < -0.3 is 5.32 Å². The molecular formula is C14H16F3N3O2S. The van der Waals surface area contributed by atoms with Crippen LogP contribution in [0.5, 0.6) is 0 Å². The smallest absolute Gasteiger partial charge is 0.316 e. The Balaban J connectivity index is 2.11. The molecule has 23 heavy (non-hydrogen) atoms. The van der Waals surface area contributed by atoms with Crippen LogP contribution in [0.1, 0.15) is 24.0 Å². The van der Waals surface area contributed by atoms with E-state index in [1.54, 1.807) is 0 Å². The highest BCUT2D eigenvalue weighted by Crippen LogP contribution is 2.32. The number of nitrogens with one attached hydrogen (secondary N) is 2. The molecule has 1 fully saturated rings. The van der Waals surface area contributed by atoms with Crippen LogP contribution < -0.4 is 10.0 Å². The summed E-state index contributed by atoms with van der Waals surface area (Å²) in [5, 5.41) is 12.0. The van der Waals surface area contributed by atoms with E-state index in [1.165, 1.54) is 6.07 Å². The molecule has 1 heterocycles. The number of nitriles is 1. The van der Waals surface area contributed by atoms with Crippen LogP contribution in [0.25, 0.3) is 0 Å². The standard InChI is InChI=1S/C14H16F3N3O2S/c15-14(16,17)13-2-1-12(7-11(13)8-18)23(21,22)20-6-4-10-3-5-19-9-10/h1-2,7,10,19-20H,3-6,9H2. The lowest BCUT2D eigenvalue weighted by molar-refractivity contribution is -0.137. The number of benzene rings is 1. The summed E-state index contributed by atoms with van der Waals surface area (Å²) in [5.74, 6) is 0.389. The first-order chi connectivity index (χ1) is 10.7. The van der Waals surface area contributed by atoms with E-state index in [-0.39, 0.29) is 11.4 Å². The second-order valence-corrected chi connectivity index (χ2v) is 7.13. The Bertz CT molecular complexity index is 705. The number of alkyl halides is 3. The van der Waals surface area contributed by atoms with Gasteiger partial charge in [0, 0.05) is 6.54 Å². The first-order valence-corrected chi connectivity index (χ1v) is 8.54. The van der Waals surface area contributed by atoms with Gasteiger partial charge in [0.2, 0.25) is 10.0 Å². The van der Waals surface area contributed by atoms with Crippen molar-refractivity contribution < 1.29 is 21.6 Å². The maximum Gasteiger partial charge on any atom is 0.417 e. The van der Waals surface area contributed by atoms with Gasteiger partial charge in [0.25, 0.3) is 0 Å². The molecule has 1 aromatic carbocycles. The summed E-state index contributed by atoms with van der Waals surface area (Å²) >= 11 is 0. The molecular weight excluding hydrogens is 331 g/mol. The molecule has 126 valence electrons. The molecule has 2 rings (SSSR count). The molecule has 2 N–H and O–H groups in total. The van der Waals surface area contributed by atoms with Gasteiger partial charge in [-0.05, 0) is 50.0 Å². The number of hydrogen-bond donors (Lipinski definition) is 2. The molecule has 0 aliphatic carbocycles. The van der Waals surface area contributed by atoms with Crippen molar-refractivity contribution in [2.75, 3.05) is 19.6 Å². The largest absolute Gasteiger partial charge is 0.417 e. The van der Waals surface area contributed by atoms with E-state index in [9.17, 15) is 21.6 Å². The van der Waals surface area contributed by atoms with Crippen LogP contribution in [0.3, 0.4) is 0 Å². The van der Waals surface area contributed by atoms with Gasteiger partial charge in [-0.1, -0.05) is 0 Å². The Labute approximate surface area is 132 Å². The second kappa shape index (κ2) is 6.86. The number of hydrogen-bond acceptors (Lipinski definition) is 4. The Kier molecular flexibility index (Phi) is 5.29. The molecule has 0 saturated carbocycles. The van der Waals surface area contributed by atoms with Gasteiger partial charge in [-0.3, -0.25) is 0 Å². The Morgan fingerprint density at radius 2 is 2.13 bits per heavy atom. The predicted octanol–water partition coefficient (Wildman–Crippen LogP) is 1.85. The summed E-state index contributed by atoms with van der Waals surface area (Å²) < 4.78 is 64.8. The molecule has 9 heteroatoms. The van der Waals surface area contributed by atoms with Crippen molar-refractivity contribution in [3.63, 3.8) is 0 Å². The summed E-state index contributed by atoms with van der Waals surface area (Å²) in [4.78, 5) is -0.341. The third kappa shape index (κ3) is 4.43. The monoisotopic (exact) mass is 347 g/mol. The highest BCUT2D eigenvalue weighted by Gasteiger charge is 2.34. The number of nitrogens with zero attached hydrogens (tertiary/aromatic N) is 1. The van der Waals surface area contributed by atoms with Crippen molar-refractivity contribution in [2.45, 2.75) is 23.9 Å². The molecule has 0 bridgehead atoms. The highest BCUT2D eigenvalue weighted by atomic mass is 32.2. The Hall–Kier alpha value is -1.63. The summed E-state index contributed by atoms with van der Waals surface area (Å²) in [6.07, 6.45) is -3.07. The highest BCUT2D eigenvalue weighted by molar-refractivity contribution is 7.89. The molecule has 0 spiro atoms. The zero-order chi connectivity index (χ0) is 17.1. The Morgan fingerprint density at radius 1 is 1.39 bits per heavy atom. The lowest BCUT2D eigenvalue weighted by Gasteiger charge is -2.12. The van der Waals surface area contributed by atoms with E-state index in [2.05, 4.69) is 10.0 Å². The number of halogens is 3. The van der Waals surface area contributed by atoms with Crippen LogP contribution in [0.2, 0.25) is 0 Å². The summed E-state index contributed by atoms with van der Waals surface area (Å²) in [6.45, 7) is 1.94. The summed E-state index contributed by atoms with van der Waals surface area (Å²) in [7, 11) is -3.94. The number of rotatable bonds is 5. The maximum absolute atomic E-state index is 12.7. The van der Waals surface area contributed by atoms with Crippen molar-refractivity contribution in [3.8, 4) is 6.07 Å². The topological polar surface area (TPSA) is 82.0 Å². The van der Waals surface area contributed by atoms with Gasteiger partial charge in [0.1, 0.15) is 0 Å². The van der Waals surface area contributed by atoms with Gasteiger partial charge in [0.05, 0.1) is 22.1 Å². The first-order valence-electron chi connectivity index (χ1n) is 7.06. The van der Waals surface area contributed by atoms with Crippen molar-refractivity contribution in [3.05, 3.63) is 29.3 Å². The first kappa shape index (κ1) is 17.7. The van der Waals surface area contributed by atoms with Crippen molar-refractivity contribution in [1.29, 1.82) is 5.26 Å². The molecule has 1 saturated heterocycles. The van der Waals surface area contributed by atoms with Crippen LogP contribution in [-0.2, 0) is 16.2 Å². The molecule has 0 amide bonds. The Morgan fingerprint density at radius 3 is 2.70 bits per heavy atom. The fourth-order valence-electron chi connectivity index (χ4n) is 2.47. The summed E-state index contributed by atoms with van der Waals surface area (Å²) in [6, 6.07) is 3.63. The molecule has 0 aromatic heterocycles. The minimum absolute atomic E-state index is 0.206. The number of sulfonamides is 1. The fraction of sp³-hybridized carbons (Fsp3) is 0.500. The van der Waals surface area contributed by atoms with Crippen molar-refractivity contribution >= 4 is 10.0 Å². The predicted molar refractivity (Wildman–Crippen MR) is 76.9 cm³/mol. The van der Waals surface area contributed by atoms with Crippen LogP contribution in [0, 0.1) is 17.2 Å². The molecule has 1 atom stereocenters. The van der Waals surface area contributed by atoms with Gasteiger partial charge in [-0.15, -0.1) is 0 Å². The quantitative estimate of drug-likeness (QED) is 0.852. The third-order valence-electron chi connectivity index (χ3n) is 3.73. The molecule has 1 aliphatic rings. The maximum atomic E-state index is 12.7. The lowest BCUT2D eigenvalue weighted by Crippen LogP contribution is -2.27. The molecule has 5 nitrogen and oxygen atoms in total. The minimum atomic E-state index is -4.70. The molecule has 0 radical (unpaired) electrons. The van der Waals surface area contributed by atoms with Crippen molar-refractivity contribution in [1.82, 2.24) is 10.0 Å². The second-order valence-electron chi connectivity index (χ2n) is 5.36. The zero-order valence-electron chi connectivity index (χ0n) is 12.2. The van der Waals surface area contributed by atoms with Crippen LogP contribution in [0.4, 0.5) is 13.2 Å². The lowest BCUT2D eigenvalue weighted by atomic mass is 10.1. The zero-order valence-corrected chi connectivity index (χ0v) is 13.0. The molecule has 1 aliphatic heterocycles. The van der Waals surface area contributed by atoms with E-state index < -0.39 is 27.3 Å². The van der Waals surface area contributed by atoms with Gasteiger partial charge in [-0.25, -0.2) is 13.1 Å². The third-order valence-corrected chi connectivity index (χ3v) is 5.19. The summed E-state index contributed by atoms with van der Waals surface area (Å²) in [5.41, 5.74) is -1.85. The van der Waals surface area contributed by atoms with Gasteiger partial charge in [0.15, 0.2) is 0 Å². The van der Waals surface area contributed by atoms with Crippen LogP contribution >= 0.6 is 0 Å². The minimum Gasteiger partial charge on any atom is -0.316 e. The van der Waals surface area contributed by atoms with E-state index in [0.29, 0.717) is 18.4 Å². The van der Waals surface area contributed by atoms with E-state index >= 15 is 0 Å². The SMILES string of the molecule is N#Cc1cc(S(=O)(=O)NCCC2CCNC2)ccc1C(F)(F)F. The average Bonchev–Trinajstić information content (AvgIpc) is 2.98. The van der Waals surface area contributed by atoms with E-state index in [4.69, 9.17) is 5.26 Å². The molecule has 1 unspecified atom stereocenters. The van der Waals surface area contributed by atoms with Crippen molar-refractivity contribution in [2.24, 2.45) is 5.92 Å². The van der Waals surface area contributed by atoms with E-state index in [0.717, 1.165) is 31.6 Å². The molecule has 1 aromatic rings. The normalized spacial score (nSPS) is 18.8.